The molecule has 9 heteroatoms. The molecule has 3 aromatic carbocycles. The lowest BCUT2D eigenvalue weighted by atomic mass is 9.98. The van der Waals surface area contributed by atoms with Gasteiger partial charge in [0.1, 0.15) is 16.8 Å². The fourth-order valence-corrected chi connectivity index (χ4v) is 5.30. The van der Waals surface area contributed by atoms with Crippen LogP contribution in [0.3, 0.4) is 0 Å². The number of carbonyl (C=O) groups is 2. The number of nitrogens with one attached hydrogen (secondary N) is 1. The molecule has 0 bridgehead atoms. The maximum atomic E-state index is 13.6. The van der Waals surface area contributed by atoms with Gasteiger partial charge in [-0.2, -0.15) is 10.1 Å². The number of amidine groups is 1. The Morgan fingerprint density at radius 2 is 1.89 bits per heavy atom. The second kappa shape index (κ2) is 10.6. The first-order chi connectivity index (χ1) is 17.9. The highest BCUT2D eigenvalue weighted by atomic mass is 32.2. The van der Waals surface area contributed by atoms with Crippen LogP contribution in [-0.2, 0) is 9.59 Å². The molecule has 0 aromatic heterocycles. The zero-order valence-corrected chi connectivity index (χ0v) is 21.2. The molecule has 5 rings (SSSR count). The number of amides is 2. The largest absolute Gasteiger partial charge is 0.497 e. The number of thioether (sulfide) groups is 1. The van der Waals surface area contributed by atoms with Crippen LogP contribution in [0.5, 0.6) is 5.75 Å². The van der Waals surface area contributed by atoms with E-state index in [1.165, 1.54) is 23.9 Å². The number of benzene rings is 3. The Kier molecular flexibility index (Phi) is 7.05. The second-order valence-corrected chi connectivity index (χ2v) is 10.0. The predicted molar refractivity (Wildman–Crippen MR) is 143 cm³/mol. The molecule has 2 aliphatic heterocycles. The third-order valence-corrected chi connectivity index (χ3v) is 7.34. The van der Waals surface area contributed by atoms with Gasteiger partial charge in [0.2, 0.25) is 5.91 Å². The third-order valence-electron chi connectivity index (χ3n) is 6.20. The van der Waals surface area contributed by atoms with Crippen LogP contribution in [0.15, 0.2) is 82.9 Å². The molecule has 0 saturated carbocycles. The van der Waals surface area contributed by atoms with Crippen LogP contribution in [0.4, 0.5) is 10.1 Å². The normalized spacial score (nSPS) is 19.0. The van der Waals surface area contributed by atoms with E-state index in [2.05, 4.69) is 10.3 Å². The summed E-state index contributed by atoms with van der Waals surface area (Å²) in [7, 11) is 1.55. The van der Waals surface area contributed by atoms with Crippen molar-refractivity contribution >= 4 is 40.1 Å². The van der Waals surface area contributed by atoms with Crippen molar-refractivity contribution in [2.75, 3.05) is 12.4 Å². The quantitative estimate of drug-likeness (QED) is 0.480. The molecule has 37 heavy (non-hydrogen) atoms. The molecule has 7 nitrogen and oxygen atoms in total. The van der Waals surface area contributed by atoms with Gasteiger partial charge in [0.05, 0.1) is 18.9 Å². The lowest BCUT2D eigenvalue weighted by Gasteiger charge is -2.23. The van der Waals surface area contributed by atoms with Gasteiger partial charge in [0.25, 0.3) is 5.91 Å². The molecule has 2 amide bonds. The van der Waals surface area contributed by atoms with Crippen molar-refractivity contribution in [1.29, 1.82) is 0 Å². The van der Waals surface area contributed by atoms with Crippen LogP contribution in [0, 0.1) is 12.7 Å². The van der Waals surface area contributed by atoms with Crippen molar-refractivity contribution in [3.8, 4) is 5.75 Å². The number of hydrogen-bond acceptors (Lipinski definition) is 6. The van der Waals surface area contributed by atoms with Crippen LogP contribution in [0.2, 0.25) is 0 Å². The molecule has 0 aliphatic carbocycles. The summed E-state index contributed by atoms with van der Waals surface area (Å²) >= 11 is 1.22. The van der Waals surface area contributed by atoms with Crippen molar-refractivity contribution < 1.29 is 18.7 Å². The van der Waals surface area contributed by atoms with Crippen LogP contribution in [0.25, 0.3) is 0 Å². The lowest BCUT2D eigenvalue weighted by Crippen LogP contribution is -2.25. The van der Waals surface area contributed by atoms with Gasteiger partial charge in [-0.05, 0) is 42.3 Å². The van der Waals surface area contributed by atoms with Gasteiger partial charge >= 0.3 is 0 Å². The lowest BCUT2D eigenvalue weighted by molar-refractivity contribution is -0.121. The first kappa shape index (κ1) is 24.7. The maximum absolute atomic E-state index is 13.6. The number of halogens is 1. The highest BCUT2D eigenvalue weighted by molar-refractivity contribution is 8.15. The molecule has 1 N–H and O–H groups in total. The number of carbonyl (C=O) groups excluding carboxylic acids is 2. The number of nitrogens with zero attached hydrogens (tertiary/aromatic N) is 3. The highest BCUT2D eigenvalue weighted by Gasteiger charge is 2.39. The number of hydrazone groups is 1. The second-order valence-electron chi connectivity index (χ2n) is 8.85. The zero-order chi connectivity index (χ0) is 25.9. The van der Waals surface area contributed by atoms with Crippen LogP contribution < -0.4 is 10.1 Å². The number of methoxy groups -OCH3 is 1. The first-order valence-electron chi connectivity index (χ1n) is 11.8. The molecule has 0 spiro atoms. The van der Waals surface area contributed by atoms with Gasteiger partial charge in [-0.1, -0.05) is 59.8 Å². The minimum Gasteiger partial charge on any atom is -0.497 e. The number of anilines is 1. The Labute approximate surface area is 218 Å². The highest BCUT2D eigenvalue weighted by Crippen LogP contribution is 2.38. The first-order valence-corrected chi connectivity index (χ1v) is 12.7. The SMILES string of the molecule is COc1cccc(NC(=O)C[C@@H]2SC(N3N=C(c4ccc(C)cc4)C[C@H]3c3ccc(F)cc3)=NC2=O)c1. The van der Waals surface area contributed by atoms with Crippen molar-refractivity contribution in [3.05, 3.63) is 95.3 Å². The van der Waals surface area contributed by atoms with Crippen molar-refractivity contribution in [2.45, 2.75) is 31.1 Å². The van der Waals surface area contributed by atoms with Gasteiger partial charge in [0, 0.05) is 24.6 Å². The fourth-order valence-electron chi connectivity index (χ4n) is 4.24. The molecule has 3 aromatic rings. The van der Waals surface area contributed by atoms with E-state index in [0.717, 1.165) is 22.4 Å². The summed E-state index contributed by atoms with van der Waals surface area (Å²) in [6.07, 6.45) is 0.542. The Morgan fingerprint density at radius 1 is 1.14 bits per heavy atom. The van der Waals surface area contributed by atoms with E-state index >= 15 is 0 Å². The van der Waals surface area contributed by atoms with E-state index in [4.69, 9.17) is 9.84 Å². The number of hydrogen-bond donors (Lipinski definition) is 1. The topological polar surface area (TPSA) is 83.4 Å². The smallest absolute Gasteiger partial charge is 0.262 e. The predicted octanol–water partition coefficient (Wildman–Crippen LogP) is 5.32. The fraction of sp³-hybridized carbons (Fsp3) is 0.214. The summed E-state index contributed by atoms with van der Waals surface area (Å²) in [6.45, 7) is 2.02. The van der Waals surface area contributed by atoms with E-state index < -0.39 is 5.25 Å². The van der Waals surface area contributed by atoms with Gasteiger partial charge in [0.15, 0.2) is 5.17 Å². The third kappa shape index (κ3) is 5.56. The number of aliphatic imine (C=N–C) groups is 1. The number of rotatable bonds is 6. The molecule has 2 aliphatic rings. The van der Waals surface area contributed by atoms with Crippen molar-refractivity contribution in [1.82, 2.24) is 5.01 Å². The molecule has 188 valence electrons. The maximum Gasteiger partial charge on any atom is 0.262 e. The van der Waals surface area contributed by atoms with E-state index in [9.17, 15) is 14.0 Å². The van der Waals surface area contributed by atoms with Crippen molar-refractivity contribution in [2.24, 2.45) is 10.1 Å². The minimum absolute atomic E-state index is 0.0305. The van der Waals surface area contributed by atoms with E-state index in [1.54, 1.807) is 48.5 Å². The molecule has 0 saturated heterocycles. The number of ether oxygens (including phenoxy) is 1. The van der Waals surface area contributed by atoms with Gasteiger partial charge in [-0.25, -0.2) is 9.40 Å². The van der Waals surface area contributed by atoms with Crippen LogP contribution in [-0.4, -0.2) is 40.1 Å². The summed E-state index contributed by atoms with van der Waals surface area (Å²) in [6, 6.07) is 21.1. The molecular weight excluding hydrogens is 491 g/mol. The monoisotopic (exact) mass is 516 g/mol. The van der Waals surface area contributed by atoms with E-state index in [1.807, 2.05) is 31.2 Å². The Bertz CT molecular complexity index is 1390. The van der Waals surface area contributed by atoms with Crippen molar-refractivity contribution in [3.63, 3.8) is 0 Å². The Morgan fingerprint density at radius 3 is 2.62 bits per heavy atom. The van der Waals surface area contributed by atoms with Crippen LogP contribution in [0.1, 0.15) is 35.6 Å². The standard InChI is InChI=1S/C28H25FN4O3S/c1-17-6-8-18(9-7-17)23-15-24(19-10-12-20(29)13-11-19)33(32-23)28-31-27(35)25(37-28)16-26(34)30-21-4-3-5-22(14-21)36-2/h3-14,24-25H,15-16H2,1-2H3,(H,30,34)/t24-,25-/m0/s1. The summed E-state index contributed by atoms with van der Waals surface area (Å²) in [5.41, 5.74) is 4.42. The summed E-state index contributed by atoms with van der Waals surface area (Å²) in [5.74, 6) is -0.371. The average molecular weight is 517 g/mol. The average Bonchev–Trinajstić information content (AvgIpc) is 3.49. The minimum atomic E-state index is -0.659. The molecule has 0 unspecified atom stereocenters. The van der Waals surface area contributed by atoms with Gasteiger partial charge in [-0.15, -0.1) is 0 Å². The molecular formula is C28H25FN4O3S. The molecule has 2 heterocycles. The molecule has 0 radical (unpaired) electrons. The van der Waals surface area contributed by atoms with Gasteiger partial charge < -0.3 is 10.1 Å². The summed E-state index contributed by atoms with van der Waals surface area (Å²) in [5, 5.41) is 9.13. The summed E-state index contributed by atoms with van der Waals surface area (Å²) < 4.78 is 18.8. The Hall–Kier alpha value is -3.98. The zero-order valence-electron chi connectivity index (χ0n) is 20.3. The van der Waals surface area contributed by atoms with E-state index in [-0.39, 0.29) is 30.1 Å². The van der Waals surface area contributed by atoms with Crippen LogP contribution >= 0.6 is 11.8 Å². The molecule has 2 atom stereocenters. The number of aryl methyl sites for hydroxylation is 1. The molecule has 0 fully saturated rings. The Balaban J connectivity index is 1.34. The van der Waals surface area contributed by atoms with Gasteiger partial charge in [-0.3, -0.25) is 9.59 Å². The summed E-state index contributed by atoms with van der Waals surface area (Å²) in [4.78, 5) is 29.7. The van der Waals surface area contributed by atoms with E-state index in [0.29, 0.717) is 23.0 Å².